The minimum atomic E-state index is -0.155. The van der Waals surface area contributed by atoms with Crippen molar-refractivity contribution in [3.05, 3.63) is 24.4 Å². The molecule has 6 heteroatoms. The van der Waals surface area contributed by atoms with E-state index in [9.17, 15) is 4.79 Å². The zero-order valence-corrected chi connectivity index (χ0v) is 13.6. The van der Waals surface area contributed by atoms with Crippen molar-refractivity contribution in [3.8, 4) is 5.88 Å². The normalized spacial score (nSPS) is 27.3. The van der Waals surface area contributed by atoms with Crippen molar-refractivity contribution in [2.24, 2.45) is 5.41 Å². The standard InChI is InChI=1S/C17H24N2O4/c1-21-11-16(20)19-9-6-14-17(12-19,7-4-10-22-14)13-23-15-5-2-3-8-18-15/h2-3,5,8,14H,4,6-7,9-13H2,1H3/t14-,17+/m0/s1. The number of rotatable bonds is 5. The molecular formula is C17H24N2O4. The van der Waals surface area contributed by atoms with E-state index in [0.717, 1.165) is 32.4 Å². The van der Waals surface area contributed by atoms with Crippen LogP contribution in [0.3, 0.4) is 0 Å². The number of likely N-dealkylation sites (tertiary alicyclic amines) is 1. The molecule has 2 atom stereocenters. The number of nitrogens with zero attached hydrogens (tertiary/aromatic N) is 2. The molecule has 0 radical (unpaired) electrons. The maximum atomic E-state index is 12.2. The number of hydrogen-bond donors (Lipinski definition) is 0. The number of fused-ring (bicyclic) bond motifs is 1. The number of amides is 1. The van der Waals surface area contributed by atoms with E-state index in [0.29, 0.717) is 19.0 Å². The number of piperidine rings is 1. The Kier molecular flexibility index (Phi) is 5.13. The van der Waals surface area contributed by atoms with Gasteiger partial charge in [0, 0.05) is 44.5 Å². The Bertz CT molecular complexity index is 525. The highest BCUT2D eigenvalue weighted by atomic mass is 16.5. The Labute approximate surface area is 136 Å². The highest BCUT2D eigenvalue weighted by Crippen LogP contribution is 2.40. The lowest BCUT2D eigenvalue weighted by Crippen LogP contribution is -2.59. The van der Waals surface area contributed by atoms with Gasteiger partial charge in [-0.05, 0) is 25.3 Å². The molecular weight excluding hydrogens is 296 g/mol. The molecule has 0 aromatic carbocycles. The van der Waals surface area contributed by atoms with Crippen LogP contribution in [-0.2, 0) is 14.3 Å². The van der Waals surface area contributed by atoms with Crippen molar-refractivity contribution in [1.82, 2.24) is 9.88 Å². The lowest BCUT2D eigenvalue weighted by Gasteiger charge is -2.50. The Balaban J connectivity index is 1.71. The number of ether oxygens (including phenoxy) is 3. The van der Waals surface area contributed by atoms with Gasteiger partial charge in [-0.1, -0.05) is 6.07 Å². The molecule has 2 fully saturated rings. The van der Waals surface area contributed by atoms with E-state index in [2.05, 4.69) is 4.98 Å². The molecule has 3 heterocycles. The quantitative estimate of drug-likeness (QED) is 0.823. The van der Waals surface area contributed by atoms with Crippen LogP contribution in [0.4, 0.5) is 0 Å². The van der Waals surface area contributed by atoms with Crippen LogP contribution in [0.25, 0.3) is 0 Å². The summed E-state index contributed by atoms with van der Waals surface area (Å²) in [5.74, 6) is 0.653. The van der Waals surface area contributed by atoms with Crippen molar-refractivity contribution in [3.63, 3.8) is 0 Å². The van der Waals surface area contributed by atoms with Crippen molar-refractivity contribution in [2.45, 2.75) is 25.4 Å². The van der Waals surface area contributed by atoms with Gasteiger partial charge in [0.2, 0.25) is 11.8 Å². The van der Waals surface area contributed by atoms with Gasteiger partial charge < -0.3 is 19.1 Å². The summed E-state index contributed by atoms with van der Waals surface area (Å²) in [7, 11) is 1.55. The Morgan fingerprint density at radius 1 is 1.52 bits per heavy atom. The van der Waals surface area contributed by atoms with Gasteiger partial charge in [0.15, 0.2) is 0 Å². The van der Waals surface area contributed by atoms with E-state index in [1.165, 1.54) is 0 Å². The van der Waals surface area contributed by atoms with Gasteiger partial charge in [-0.25, -0.2) is 4.98 Å². The van der Waals surface area contributed by atoms with Gasteiger partial charge in [-0.15, -0.1) is 0 Å². The van der Waals surface area contributed by atoms with Crippen molar-refractivity contribution in [2.75, 3.05) is 40.0 Å². The number of hydrogen-bond acceptors (Lipinski definition) is 5. The lowest BCUT2D eigenvalue weighted by atomic mass is 9.73. The SMILES string of the molecule is COCC(=O)N1CC[C@@H]2OCCC[C@]2(COc2ccccn2)C1. The van der Waals surface area contributed by atoms with Crippen LogP contribution in [0.15, 0.2) is 24.4 Å². The Morgan fingerprint density at radius 3 is 3.22 bits per heavy atom. The number of aromatic nitrogens is 1. The predicted octanol–water partition coefficient (Wildman–Crippen LogP) is 1.50. The van der Waals surface area contributed by atoms with E-state index < -0.39 is 0 Å². The summed E-state index contributed by atoms with van der Waals surface area (Å²) >= 11 is 0. The zero-order valence-electron chi connectivity index (χ0n) is 13.6. The van der Waals surface area contributed by atoms with Gasteiger partial charge in [-0.2, -0.15) is 0 Å². The topological polar surface area (TPSA) is 60.9 Å². The summed E-state index contributed by atoms with van der Waals surface area (Å²) in [4.78, 5) is 18.3. The summed E-state index contributed by atoms with van der Waals surface area (Å²) in [5, 5.41) is 0. The number of carbonyl (C=O) groups excluding carboxylic acids is 1. The number of methoxy groups -OCH3 is 1. The molecule has 0 N–H and O–H groups in total. The summed E-state index contributed by atoms with van der Waals surface area (Å²) in [5.41, 5.74) is -0.155. The highest BCUT2D eigenvalue weighted by Gasteiger charge is 2.47. The summed E-state index contributed by atoms with van der Waals surface area (Å²) in [6, 6.07) is 5.62. The van der Waals surface area contributed by atoms with E-state index in [1.54, 1.807) is 13.3 Å². The molecule has 2 aliphatic rings. The fourth-order valence-corrected chi connectivity index (χ4v) is 3.58. The monoisotopic (exact) mass is 320 g/mol. The summed E-state index contributed by atoms with van der Waals surface area (Å²) in [6.45, 7) is 2.82. The van der Waals surface area contributed by atoms with Crippen LogP contribution in [0.5, 0.6) is 5.88 Å². The minimum Gasteiger partial charge on any atom is -0.477 e. The van der Waals surface area contributed by atoms with Crippen molar-refractivity contribution in [1.29, 1.82) is 0 Å². The smallest absolute Gasteiger partial charge is 0.248 e. The van der Waals surface area contributed by atoms with E-state index >= 15 is 0 Å². The van der Waals surface area contributed by atoms with Crippen molar-refractivity contribution >= 4 is 5.91 Å². The molecule has 1 aromatic rings. The third kappa shape index (κ3) is 3.64. The van der Waals surface area contributed by atoms with E-state index in [1.807, 2.05) is 23.1 Å². The van der Waals surface area contributed by atoms with Gasteiger partial charge in [0.25, 0.3) is 0 Å². The zero-order chi connectivity index (χ0) is 16.1. The minimum absolute atomic E-state index is 0.0359. The van der Waals surface area contributed by atoms with Crippen LogP contribution in [-0.4, -0.2) is 61.9 Å². The summed E-state index contributed by atoms with van der Waals surface area (Å²) in [6.07, 6.45) is 4.71. The molecule has 23 heavy (non-hydrogen) atoms. The van der Waals surface area contributed by atoms with Crippen molar-refractivity contribution < 1.29 is 19.0 Å². The fourth-order valence-electron chi connectivity index (χ4n) is 3.58. The Hall–Kier alpha value is -1.66. The third-order valence-electron chi connectivity index (χ3n) is 4.75. The largest absolute Gasteiger partial charge is 0.477 e. The second-order valence-electron chi connectivity index (χ2n) is 6.32. The molecule has 0 saturated carbocycles. The Morgan fingerprint density at radius 2 is 2.43 bits per heavy atom. The maximum absolute atomic E-state index is 12.2. The molecule has 2 saturated heterocycles. The lowest BCUT2D eigenvalue weighted by molar-refractivity contribution is -0.160. The van der Waals surface area contributed by atoms with Crippen LogP contribution in [0.1, 0.15) is 19.3 Å². The first-order chi connectivity index (χ1) is 11.2. The molecule has 3 rings (SSSR count). The predicted molar refractivity (Wildman–Crippen MR) is 84.2 cm³/mol. The van der Waals surface area contributed by atoms with Gasteiger partial charge >= 0.3 is 0 Å². The molecule has 1 aromatic heterocycles. The fraction of sp³-hybridized carbons (Fsp3) is 0.647. The third-order valence-corrected chi connectivity index (χ3v) is 4.75. The molecule has 0 unspecified atom stereocenters. The van der Waals surface area contributed by atoms with Gasteiger partial charge in [0.05, 0.1) is 12.7 Å². The number of pyridine rings is 1. The van der Waals surface area contributed by atoms with Gasteiger partial charge in [0.1, 0.15) is 6.61 Å². The molecule has 1 amide bonds. The first kappa shape index (κ1) is 16.2. The molecule has 0 bridgehead atoms. The molecule has 0 spiro atoms. The second kappa shape index (κ2) is 7.27. The first-order valence-corrected chi connectivity index (χ1v) is 8.16. The van der Waals surface area contributed by atoms with Crippen LogP contribution in [0.2, 0.25) is 0 Å². The van der Waals surface area contributed by atoms with E-state index in [-0.39, 0.29) is 24.0 Å². The van der Waals surface area contributed by atoms with Crippen LogP contribution in [0, 0.1) is 5.41 Å². The summed E-state index contributed by atoms with van der Waals surface area (Å²) < 4.78 is 16.9. The van der Waals surface area contributed by atoms with E-state index in [4.69, 9.17) is 14.2 Å². The van der Waals surface area contributed by atoms with Crippen LogP contribution < -0.4 is 4.74 Å². The highest BCUT2D eigenvalue weighted by molar-refractivity contribution is 5.77. The van der Waals surface area contributed by atoms with Gasteiger partial charge in [-0.3, -0.25) is 4.79 Å². The van der Waals surface area contributed by atoms with Crippen LogP contribution >= 0.6 is 0 Å². The average molecular weight is 320 g/mol. The first-order valence-electron chi connectivity index (χ1n) is 8.16. The second-order valence-corrected chi connectivity index (χ2v) is 6.32. The molecule has 0 aliphatic carbocycles. The number of carbonyl (C=O) groups is 1. The molecule has 6 nitrogen and oxygen atoms in total. The maximum Gasteiger partial charge on any atom is 0.248 e. The molecule has 126 valence electrons. The average Bonchev–Trinajstić information content (AvgIpc) is 2.60. The molecule has 2 aliphatic heterocycles.